The van der Waals surface area contributed by atoms with E-state index in [0.717, 1.165) is 0 Å². The Bertz CT molecular complexity index is 672. The fourth-order valence-corrected chi connectivity index (χ4v) is 2.52. The van der Waals surface area contributed by atoms with Crippen LogP contribution in [-0.2, 0) is 10.0 Å². The van der Waals surface area contributed by atoms with Crippen molar-refractivity contribution < 1.29 is 13.2 Å². The van der Waals surface area contributed by atoms with Crippen molar-refractivity contribution >= 4 is 21.4 Å². The van der Waals surface area contributed by atoms with Gasteiger partial charge in [0.1, 0.15) is 10.6 Å². The van der Waals surface area contributed by atoms with Crippen LogP contribution in [0.4, 0.5) is 11.4 Å². The molecule has 0 saturated carbocycles. The number of rotatable bonds is 4. The third-order valence-corrected chi connectivity index (χ3v) is 3.80. The molecule has 19 heavy (non-hydrogen) atoms. The molecule has 0 fully saturated rings. The van der Waals surface area contributed by atoms with Crippen LogP contribution in [0.3, 0.4) is 0 Å². The first-order chi connectivity index (χ1) is 9.03. The average molecular weight is 279 g/mol. The molecule has 7 heteroatoms. The van der Waals surface area contributed by atoms with Gasteiger partial charge in [0, 0.05) is 18.5 Å². The van der Waals surface area contributed by atoms with Gasteiger partial charge in [0.2, 0.25) is 0 Å². The Morgan fingerprint density at radius 2 is 2.11 bits per heavy atom. The van der Waals surface area contributed by atoms with Crippen molar-refractivity contribution in [2.45, 2.75) is 4.90 Å². The lowest BCUT2D eigenvalue weighted by Crippen LogP contribution is -2.14. The first-order valence-corrected chi connectivity index (χ1v) is 6.87. The zero-order valence-electron chi connectivity index (χ0n) is 10.2. The fourth-order valence-electron chi connectivity index (χ4n) is 1.47. The van der Waals surface area contributed by atoms with Crippen LogP contribution in [0.15, 0.2) is 47.6 Å². The smallest absolute Gasteiger partial charge is 0.263 e. The topological polar surface area (TPSA) is 94.3 Å². The molecule has 0 aliphatic rings. The number of anilines is 2. The molecule has 0 aliphatic carbocycles. The van der Waals surface area contributed by atoms with Gasteiger partial charge in [-0.25, -0.2) is 8.42 Å². The molecule has 6 nitrogen and oxygen atoms in total. The first-order valence-electron chi connectivity index (χ1n) is 5.39. The number of ether oxygens (including phenoxy) is 1. The molecule has 0 unspecified atom stereocenters. The molecular weight excluding hydrogens is 266 g/mol. The maximum absolute atomic E-state index is 12.1. The summed E-state index contributed by atoms with van der Waals surface area (Å²) in [5, 5.41) is 0. The summed E-state index contributed by atoms with van der Waals surface area (Å²) in [7, 11) is -2.18. The number of hydrogen-bond donors (Lipinski definition) is 2. The quantitative estimate of drug-likeness (QED) is 0.826. The molecule has 1 aromatic carbocycles. The number of nitrogens with one attached hydrogen (secondary N) is 1. The predicted octanol–water partition coefficient (Wildman–Crippen LogP) is 1.47. The number of nitrogens with zero attached hydrogens (tertiary/aromatic N) is 1. The molecule has 0 amide bonds. The van der Waals surface area contributed by atoms with E-state index in [1.165, 1.54) is 25.6 Å². The van der Waals surface area contributed by atoms with Gasteiger partial charge in [-0.05, 0) is 24.3 Å². The highest BCUT2D eigenvalue weighted by Gasteiger charge is 2.15. The first kappa shape index (κ1) is 13.2. The Morgan fingerprint density at radius 1 is 1.32 bits per heavy atom. The monoisotopic (exact) mass is 279 g/mol. The van der Waals surface area contributed by atoms with Crippen molar-refractivity contribution in [2.24, 2.45) is 0 Å². The summed E-state index contributed by atoms with van der Waals surface area (Å²) in [5.74, 6) is 0.557. The Balaban J connectivity index is 2.31. The minimum atomic E-state index is -3.69. The predicted molar refractivity (Wildman–Crippen MR) is 72.5 cm³/mol. The van der Waals surface area contributed by atoms with Gasteiger partial charge in [-0.3, -0.25) is 9.71 Å². The molecule has 3 N–H and O–H groups in total. The van der Waals surface area contributed by atoms with Crippen molar-refractivity contribution in [3.8, 4) is 5.75 Å². The molecule has 2 rings (SSSR count). The molecule has 0 bridgehead atoms. The number of nitrogen functional groups attached to an aromatic ring is 1. The van der Waals surface area contributed by atoms with Crippen LogP contribution in [0.2, 0.25) is 0 Å². The second-order valence-electron chi connectivity index (χ2n) is 3.75. The maximum atomic E-state index is 12.1. The zero-order valence-corrected chi connectivity index (χ0v) is 11.0. The zero-order chi connectivity index (χ0) is 13.9. The molecule has 1 heterocycles. The molecule has 0 radical (unpaired) electrons. The third kappa shape index (κ3) is 2.94. The van der Waals surface area contributed by atoms with E-state index in [4.69, 9.17) is 10.5 Å². The molecule has 0 atom stereocenters. The molecule has 1 aromatic heterocycles. The lowest BCUT2D eigenvalue weighted by Gasteiger charge is -2.11. The Labute approximate surface area is 111 Å². The third-order valence-electron chi connectivity index (χ3n) is 2.45. The number of methoxy groups -OCH3 is 1. The summed E-state index contributed by atoms with van der Waals surface area (Å²) >= 11 is 0. The molecular formula is C12H13N3O3S. The molecule has 100 valence electrons. The van der Waals surface area contributed by atoms with E-state index in [0.29, 0.717) is 11.4 Å². The van der Waals surface area contributed by atoms with Crippen LogP contribution >= 0.6 is 0 Å². The Kier molecular flexibility index (Phi) is 3.57. The summed E-state index contributed by atoms with van der Waals surface area (Å²) in [6.45, 7) is 0. The van der Waals surface area contributed by atoms with Crippen LogP contribution < -0.4 is 15.2 Å². The Morgan fingerprint density at radius 3 is 2.68 bits per heavy atom. The number of pyridine rings is 1. The highest BCUT2D eigenvalue weighted by molar-refractivity contribution is 7.92. The van der Waals surface area contributed by atoms with Crippen molar-refractivity contribution in [1.82, 2.24) is 4.98 Å². The van der Waals surface area contributed by atoms with Gasteiger partial charge in [-0.2, -0.15) is 0 Å². The van der Waals surface area contributed by atoms with E-state index in [9.17, 15) is 8.42 Å². The number of hydrogen-bond acceptors (Lipinski definition) is 5. The van der Waals surface area contributed by atoms with E-state index in [-0.39, 0.29) is 10.6 Å². The van der Waals surface area contributed by atoms with Crippen LogP contribution in [-0.4, -0.2) is 20.5 Å². The number of benzene rings is 1. The van der Waals surface area contributed by atoms with Crippen LogP contribution in [0.5, 0.6) is 5.75 Å². The summed E-state index contributed by atoms with van der Waals surface area (Å²) in [5.41, 5.74) is 6.34. The second-order valence-corrected chi connectivity index (χ2v) is 5.43. The van der Waals surface area contributed by atoms with Gasteiger partial charge in [-0.15, -0.1) is 0 Å². The van der Waals surface area contributed by atoms with Gasteiger partial charge < -0.3 is 10.5 Å². The summed E-state index contributed by atoms with van der Waals surface area (Å²) < 4.78 is 31.5. The van der Waals surface area contributed by atoms with Crippen LogP contribution in [0.25, 0.3) is 0 Å². The van der Waals surface area contributed by atoms with E-state index in [2.05, 4.69) is 9.71 Å². The molecule has 0 spiro atoms. The number of sulfonamides is 1. The minimum absolute atomic E-state index is 0.0743. The highest BCUT2D eigenvalue weighted by atomic mass is 32.2. The van der Waals surface area contributed by atoms with Crippen LogP contribution in [0.1, 0.15) is 0 Å². The van der Waals surface area contributed by atoms with Crippen molar-refractivity contribution in [1.29, 1.82) is 0 Å². The maximum Gasteiger partial charge on any atom is 0.263 e. The summed E-state index contributed by atoms with van der Waals surface area (Å²) in [6, 6.07) is 7.71. The van der Waals surface area contributed by atoms with Gasteiger partial charge in [0.05, 0.1) is 18.5 Å². The SMILES string of the molecule is COc1ccc(NS(=O)(=O)c2cccnc2)c(N)c1. The number of nitrogens with two attached hydrogens (primary N) is 1. The Hall–Kier alpha value is -2.28. The summed E-state index contributed by atoms with van der Waals surface area (Å²) in [4.78, 5) is 3.85. The lowest BCUT2D eigenvalue weighted by molar-refractivity contribution is 0.415. The van der Waals surface area contributed by atoms with Crippen LogP contribution in [0, 0.1) is 0 Å². The standard InChI is InChI=1S/C12H13N3O3S/c1-18-9-4-5-12(11(13)7-9)15-19(16,17)10-3-2-6-14-8-10/h2-8,15H,13H2,1H3. The van der Waals surface area contributed by atoms with Gasteiger partial charge >= 0.3 is 0 Å². The highest BCUT2D eigenvalue weighted by Crippen LogP contribution is 2.26. The van der Waals surface area contributed by atoms with Crippen molar-refractivity contribution in [3.63, 3.8) is 0 Å². The van der Waals surface area contributed by atoms with E-state index < -0.39 is 10.0 Å². The molecule has 0 aliphatic heterocycles. The summed E-state index contributed by atoms with van der Waals surface area (Å²) in [6.07, 6.45) is 2.77. The van der Waals surface area contributed by atoms with E-state index in [1.807, 2.05) is 0 Å². The van der Waals surface area contributed by atoms with Gasteiger partial charge in [-0.1, -0.05) is 0 Å². The largest absolute Gasteiger partial charge is 0.497 e. The lowest BCUT2D eigenvalue weighted by atomic mass is 10.2. The fraction of sp³-hybridized carbons (Fsp3) is 0.0833. The normalized spacial score (nSPS) is 11.0. The van der Waals surface area contributed by atoms with E-state index in [1.54, 1.807) is 24.3 Å². The van der Waals surface area contributed by atoms with Crippen molar-refractivity contribution in [3.05, 3.63) is 42.7 Å². The number of aromatic nitrogens is 1. The second kappa shape index (κ2) is 5.15. The van der Waals surface area contributed by atoms with Gasteiger partial charge in [0.25, 0.3) is 10.0 Å². The minimum Gasteiger partial charge on any atom is -0.497 e. The van der Waals surface area contributed by atoms with E-state index >= 15 is 0 Å². The van der Waals surface area contributed by atoms with Crippen molar-refractivity contribution in [2.75, 3.05) is 17.6 Å². The molecule has 0 saturated heterocycles. The van der Waals surface area contributed by atoms with Gasteiger partial charge in [0.15, 0.2) is 0 Å². The average Bonchev–Trinajstić information content (AvgIpc) is 2.42. The molecule has 2 aromatic rings.